The molecule has 1 fully saturated rings. The standard InChI is InChI=1S/C20H30N2O2/c1-3-16(2)13-22-10-11-24-20-5-4-17(12-18(20)15-22)14-21-8-6-19(23)7-9-21/h3-5,12,19,23H,6-11,13-15H2,1-2H3. The van der Waals surface area contributed by atoms with Gasteiger partial charge in [-0.1, -0.05) is 17.7 Å². The molecule has 2 aliphatic heterocycles. The van der Waals surface area contributed by atoms with Gasteiger partial charge in [-0.2, -0.15) is 0 Å². The van der Waals surface area contributed by atoms with Gasteiger partial charge in [0.1, 0.15) is 12.4 Å². The van der Waals surface area contributed by atoms with Gasteiger partial charge in [0.25, 0.3) is 0 Å². The van der Waals surface area contributed by atoms with E-state index in [1.807, 2.05) is 0 Å². The van der Waals surface area contributed by atoms with Crippen molar-refractivity contribution in [2.75, 3.05) is 32.8 Å². The third-order valence-corrected chi connectivity index (χ3v) is 5.11. The molecule has 3 rings (SSSR count). The molecule has 0 spiro atoms. The Labute approximate surface area is 145 Å². The second-order valence-electron chi connectivity index (χ2n) is 7.14. The maximum absolute atomic E-state index is 9.65. The summed E-state index contributed by atoms with van der Waals surface area (Å²) in [5.41, 5.74) is 4.05. The Morgan fingerprint density at radius 3 is 2.79 bits per heavy atom. The van der Waals surface area contributed by atoms with Crippen molar-refractivity contribution in [1.82, 2.24) is 9.80 Å². The molecule has 0 bridgehead atoms. The molecule has 1 aromatic rings. The third kappa shape index (κ3) is 4.59. The molecule has 2 aliphatic rings. The molecule has 4 heteroatoms. The van der Waals surface area contributed by atoms with Crippen molar-refractivity contribution in [3.05, 3.63) is 41.0 Å². The maximum atomic E-state index is 9.65. The molecular weight excluding hydrogens is 300 g/mol. The van der Waals surface area contributed by atoms with Crippen LogP contribution in [0.5, 0.6) is 5.75 Å². The van der Waals surface area contributed by atoms with Gasteiger partial charge in [-0.05, 0) is 44.4 Å². The van der Waals surface area contributed by atoms with Gasteiger partial charge in [0.15, 0.2) is 0 Å². The highest BCUT2D eigenvalue weighted by Crippen LogP contribution is 2.26. The fourth-order valence-corrected chi connectivity index (χ4v) is 3.51. The van der Waals surface area contributed by atoms with Crippen molar-refractivity contribution in [3.63, 3.8) is 0 Å². The summed E-state index contributed by atoms with van der Waals surface area (Å²) in [4.78, 5) is 4.90. The molecule has 132 valence electrons. The molecule has 0 radical (unpaired) electrons. The number of rotatable bonds is 4. The van der Waals surface area contributed by atoms with Gasteiger partial charge in [0.2, 0.25) is 0 Å². The summed E-state index contributed by atoms with van der Waals surface area (Å²) in [6, 6.07) is 6.63. The van der Waals surface area contributed by atoms with Gasteiger partial charge < -0.3 is 9.84 Å². The van der Waals surface area contributed by atoms with Crippen molar-refractivity contribution in [1.29, 1.82) is 0 Å². The summed E-state index contributed by atoms with van der Waals surface area (Å²) >= 11 is 0. The predicted octanol–water partition coefficient (Wildman–Crippen LogP) is 2.80. The number of likely N-dealkylation sites (tertiary alicyclic amines) is 1. The average Bonchev–Trinajstić information content (AvgIpc) is 2.78. The van der Waals surface area contributed by atoms with E-state index in [-0.39, 0.29) is 6.10 Å². The minimum absolute atomic E-state index is 0.106. The average molecular weight is 330 g/mol. The molecule has 4 nitrogen and oxygen atoms in total. The summed E-state index contributed by atoms with van der Waals surface area (Å²) in [5, 5.41) is 9.65. The molecule has 0 saturated carbocycles. The number of nitrogens with zero attached hydrogens (tertiary/aromatic N) is 2. The first-order valence-electron chi connectivity index (χ1n) is 9.13. The van der Waals surface area contributed by atoms with Gasteiger partial charge in [-0.15, -0.1) is 0 Å². The lowest BCUT2D eigenvalue weighted by molar-refractivity contribution is 0.0792. The number of aliphatic hydroxyl groups is 1. The van der Waals surface area contributed by atoms with E-state index in [1.54, 1.807) is 0 Å². The maximum Gasteiger partial charge on any atom is 0.123 e. The van der Waals surface area contributed by atoms with E-state index in [1.165, 1.54) is 16.7 Å². The fourth-order valence-electron chi connectivity index (χ4n) is 3.51. The number of hydrogen-bond acceptors (Lipinski definition) is 4. The van der Waals surface area contributed by atoms with E-state index in [0.717, 1.165) is 64.5 Å². The molecule has 0 aliphatic carbocycles. The van der Waals surface area contributed by atoms with Gasteiger partial charge in [0, 0.05) is 44.8 Å². The van der Waals surface area contributed by atoms with Gasteiger partial charge >= 0.3 is 0 Å². The first-order valence-corrected chi connectivity index (χ1v) is 9.13. The number of allylic oxidation sites excluding steroid dienone is 1. The third-order valence-electron chi connectivity index (χ3n) is 5.11. The monoisotopic (exact) mass is 330 g/mol. The normalized spacial score (nSPS) is 21.2. The van der Waals surface area contributed by atoms with Crippen LogP contribution in [0.1, 0.15) is 37.8 Å². The SMILES string of the molecule is CC=C(C)CN1CCOc2ccc(CN3CCC(O)CC3)cc2C1. The van der Waals surface area contributed by atoms with Gasteiger partial charge in [-0.25, -0.2) is 0 Å². The predicted molar refractivity (Wildman–Crippen MR) is 97.2 cm³/mol. The molecule has 1 saturated heterocycles. The van der Waals surface area contributed by atoms with Crippen LogP contribution >= 0.6 is 0 Å². The molecule has 24 heavy (non-hydrogen) atoms. The second kappa shape index (κ2) is 8.15. The Bertz CT molecular complexity index is 577. The summed E-state index contributed by atoms with van der Waals surface area (Å²) in [7, 11) is 0. The molecule has 0 atom stereocenters. The number of piperidine rings is 1. The number of benzene rings is 1. The Morgan fingerprint density at radius 2 is 2.04 bits per heavy atom. The highest BCUT2D eigenvalue weighted by molar-refractivity contribution is 5.38. The Balaban J connectivity index is 1.67. The van der Waals surface area contributed by atoms with Gasteiger partial charge in [0.05, 0.1) is 6.10 Å². The Morgan fingerprint density at radius 1 is 1.25 bits per heavy atom. The van der Waals surface area contributed by atoms with Crippen molar-refractivity contribution >= 4 is 0 Å². The minimum atomic E-state index is -0.106. The molecule has 0 unspecified atom stereocenters. The van der Waals surface area contributed by atoms with Crippen LogP contribution in [-0.2, 0) is 13.1 Å². The zero-order valence-corrected chi connectivity index (χ0v) is 15.0. The van der Waals surface area contributed by atoms with Crippen LogP contribution in [0.25, 0.3) is 0 Å². The second-order valence-corrected chi connectivity index (χ2v) is 7.14. The van der Waals surface area contributed by atoms with E-state index in [4.69, 9.17) is 4.74 Å². The lowest BCUT2D eigenvalue weighted by atomic mass is 10.1. The first kappa shape index (κ1) is 17.5. The topological polar surface area (TPSA) is 35.9 Å². The van der Waals surface area contributed by atoms with Crippen molar-refractivity contribution in [3.8, 4) is 5.75 Å². The van der Waals surface area contributed by atoms with Crippen molar-refractivity contribution in [2.24, 2.45) is 0 Å². The van der Waals surface area contributed by atoms with E-state index < -0.39 is 0 Å². The van der Waals surface area contributed by atoms with Crippen LogP contribution in [0.4, 0.5) is 0 Å². The van der Waals surface area contributed by atoms with E-state index in [0.29, 0.717) is 0 Å². The lowest BCUT2D eigenvalue weighted by Crippen LogP contribution is -2.35. The molecule has 2 heterocycles. The zero-order valence-electron chi connectivity index (χ0n) is 15.0. The highest BCUT2D eigenvalue weighted by Gasteiger charge is 2.19. The number of fused-ring (bicyclic) bond motifs is 1. The molecule has 0 amide bonds. The van der Waals surface area contributed by atoms with Gasteiger partial charge in [-0.3, -0.25) is 9.80 Å². The van der Waals surface area contributed by atoms with Crippen LogP contribution in [-0.4, -0.2) is 53.8 Å². The van der Waals surface area contributed by atoms with Crippen LogP contribution in [0, 0.1) is 0 Å². The highest BCUT2D eigenvalue weighted by atomic mass is 16.5. The van der Waals surface area contributed by atoms with Crippen molar-refractivity contribution < 1.29 is 9.84 Å². The van der Waals surface area contributed by atoms with E-state index in [9.17, 15) is 5.11 Å². The number of ether oxygens (including phenoxy) is 1. The van der Waals surface area contributed by atoms with Crippen molar-refractivity contribution in [2.45, 2.75) is 45.9 Å². The summed E-state index contributed by atoms with van der Waals surface area (Å²) in [6.45, 7) is 10.9. The largest absolute Gasteiger partial charge is 0.492 e. The smallest absolute Gasteiger partial charge is 0.123 e. The number of hydrogen-bond donors (Lipinski definition) is 1. The van der Waals surface area contributed by atoms with Crippen LogP contribution in [0.3, 0.4) is 0 Å². The van der Waals surface area contributed by atoms with E-state index in [2.05, 4.69) is 47.9 Å². The Hall–Kier alpha value is -1.36. The molecule has 1 aromatic carbocycles. The molecule has 0 aromatic heterocycles. The first-order chi connectivity index (χ1) is 11.6. The zero-order chi connectivity index (χ0) is 16.9. The summed E-state index contributed by atoms with van der Waals surface area (Å²) in [6.07, 6.45) is 3.87. The van der Waals surface area contributed by atoms with E-state index >= 15 is 0 Å². The molecular formula is C20H30N2O2. The summed E-state index contributed by atoms with van der Waals surface area (Å²) in [5.74, 6) is 1.04. The number of aliphatic hydroxyl groups excluding tert-OH is 1. The summed E-state index contributed by atoms with van der Waals surface area (Å²) < 4.78 is 5.95. The molecule has 1 N–H and O–H groups in total. The minimum Gasteiger partial charge on any atom is -0.492 e. The lowest BCUT2D eigenvalue weighted by Gasteiger charge is -2.29. The fraction of sp³-hybridized carbons (Fsp3) is 0.600. The Kier molecular flexibility index (Phi) is 5.93. The van der Waals surface area contributed by atoms with Crippen LogP contribution in [0.15, 0.2) is 29.8 Å². The quantitative estimate of drug-likeness (QED) is 0.861. The van der Waals surface area contributed by atoms with Crippen LogP contribution < -0.4 is 4.74 Å². The van der Waals surface area contributed by atoms with Crippen LogP contribution in [0.2, 0.25) is 0 Å².